The Bertz CT molecular complexity index is 1270. The molecule has 2 aromatic rings. The number of nitrogens with zero attached hydrogens (tertiary/aromatic N) is 6. The fourth-order valence-corrected chi connectivity index (χ4v) is 3.83. The van der Waals surface area contributed by atoms with E-state index in [1.54, 1.807) is 36.4 Å². The third-order valence-electron chi connectivity index (χ3n) is 5.60. The Morgan fingerprint density at radius 3 is 1.31 bits per heavy atom. The Labute approximate surface area is 232 Å². The van der Waals surface area contributed by atoms with Gasteiger partial charge in [-0.2, -0.15) is 21.0 Å². The molecule has 0 radical (unpaired) electrons. The fourth-order valence-electron chi connectivity index (χ4n) is 3.83. The number of benzene rings is 2. The first-order valence-corrected chi connectivity index (χ1v) is 12.9. The summed E-state index contributed by atoms with van der Waals surface area (Å²) in [5.41, 5.74) is 0.122. The molecule has 2 aromatic carbocycles. The van der Waals surface area contributed by atoms with Crippen molar-refractivity contribution in [3.63, 3.8) is 0 Å². The van der Waals surface area contributed by atoms with Gasteiger partial charge in [0.25, 0.3) is 0 Å². The minimum atomic E-state index is -1.29. The highest BCUT2D eigenvalue weighted by molar-refractivity contribution is 5.97. The van der Waals surface area contributed by atoms with Gasteiger partial charge in [0.1, 0.15) is 29.2 Å². The average Bonchev–Trinajstić information content (AvgIpc) is 2.88. The van der Waals surface area contributed by atoms with Gasteiger partial charge in [-0.1, -0.05) is 24.3 Å². The van der Waals surface area contributed by atoms with Crippen LogP contribution in [-0.2, 0) is 0 Å². The summed E-state index contributed by atoms with van der Waals surface area (Å²) in [5, 5.41) is 45.8. The molecule has 39 heavy (non-hydrogen) atoms. The van der Waals surface area contributed by atoms with Gasteiger partial charge in [0.2, 0.25) is 0 Å². The molecule has 0 heterocycles. The molecular formula is C31H36N8. The molecule has 200 valence electrons. The maximum absolute atomic E-state index is 10.1. The van der Waals surface area contributed by atoms with Crippen molar-refractivity contribution in [2.75, 3.05) is 10.6 Å². The summed E-state index contributed by atoms with van der Waals surface area (Å²) in [7, 11) is 0. The summed E-state index contributed by atoms with van der Waals surface area (Å²) in [6.07, 6.45) is 1.17. The van der Waals surface area contributed by atoms with E-state index in [9.17, 15) is 21.0 Å². The smallest absolute Gasteiger partial charge is 0.144 e. The molecule has 0 bridgehead atoms. The molecule has 0 atom stereocenters. The van der Waals surface area contributed by atoms with E-state index < -0.39 is 16.5 Å². The summed E-state index contributed by atoms with van der Waals surface area (Å²) in [4.78, 5) is 9.56. The van der Waals surface area contributed by atoms with Gasteiger partial charge in [-0.3, -0.25) is 9.98 Å². The summed E-state index contributed by atoms with van der Waals surface area (Å²) in [6, 6.07) is 23.1. The maximum atomic E-state index is 10.1. The minimum absolute atomic E-state index is 0.244. The number of hydrogen-bond donors (Lipinski definition) is 2. The van der Waals surface area contributed by atoms with Crippen LogP contribution in [0.2, 0.25) is 0 Å². The monoisotopic (exact) mass is 520 g/mol. The summed E-state index contributed by atoms with van der Waals surface area (Å²) >= 11 is 0. The predicted molar refractivity (Wildman–Crippen MR) is 156 cm³/mol. The van der Waals surface area contributed by atoms with Gasteiger partial charge in [-0.05, 0) is 78.6 Å². The van der Waals surface area contributed by atoms with Crippen LogP contribution in [0, 0.1) is 50.7 Å². The number of aliphatic imine (C=N–C) groups is 2. The number of amidine groups is 2. The molecule has 0 saturated heterocycles. The van der Waals surface area contributed by atoms with E-state index in [0.29, 0.717) is 47.0 Å². The lowest BCUT2D eigenvalue weighted by atomic mass is 9.81. The van der Waals surface area contributed by atoms with Gasteiger partial charge in [0.05, 0.1) is 45.7 Å². The highest BCUT2D eigenvalue weighted by Gasteiger charge is 2.31. The first-order valence-electron chi connectivity index (χ1n) is 12.9. The molecule has 2 rings (SSSR count). The zero-order chi connectivity index (χ0) is 29.1. The maximum Gasteiger partial charge on any atom is 0.144 e. The fraction of sp³-hybridized carbons (Fsp3) is 0.419. The molecule has 0 aliphatic carbocycles. The zero-order valence-electron chi connectivity index (χ0n) is 23.6. The topological polar surface area (TPSA) is 144 Å². The summed E-state index contributed by atoms with van der Waals surface area (Å²) < 4.78 is 0. The van der Waals surface area contributed by atoms with Crippen molar-refractivity contribution >= 4 is 23.0 Å². The number of anilines is 2. The van der Waals surface area contributed by atoms with Gasteiger partial charge in [0, 0.05) is 12.8 Å². The van der Waals surface area contributed by atoms with Crippen molar-refractivity contribution < 1.29 is 0 Å². The number of para-hydroxylation sites is 2. The van der Waals surface area contributed by atoms with E-state index in [2.05, 4.69) is 34.9 Å². The van der Waals surface area contributed by atoms with Crippen molar-refractivity contribution in [2.45, 2.75) is 78.3 Å². The highest BCUT2D eigenvalue weighted by atomic mass is 15.0. The Hall–Kier alpha value is -4.66. The lowest BCUT2D eigenvalue weighted by molar-refractivity contribution is 0.454. The van der Waals surface area contributed by atoms with E-state index >= 15 is 0 Å². The highest BCUT2D eigenvalue weighted by Crippen LogP contribution is 2.30. The number of nitrogens with one attached hydrogen (secondary N) is 2. The molecule has 8 heteroatoms. The Balaban J connectivity index is 2.30. The number of nitriles is 4. The summed E-state index contributed by atoms with van der Waals surface area (Å²) in [5.74, 6) is 1.20. The van der Waals surface area contributed by atoms with Crippen molar-refractivity contribution in [1.82, 2.24) is 0 Å². The Kier molecular flexibility index (Phi) is 10.4. The molecule has 0 spiro atoms. The first-order chi connectivity index (χ1) is 18.3. The van der Waals surface area contributed by atoms with Crippen LogP contribution in [0.4, 0.5) is 11.4 Å². The Morgan fingerprint density at radius 2 is 1.00 bits per heavy atom. The standard InChI is InChI=1S/C31H36N8/c1-29(2,3)38-27(36-25-13-9-7-11-23(25)19-32)15-17-31(21-34,22-35)18-16-28(39-30(4,5)6)37-26-14-10-8-12-24(26)20-33/h7-14H,15-18H2,1-6H3,(H,36,38)(H,37,39). The third-order valence-corrected chi connectivity index (χ3v) is 5.60. The molecule has 0 aromatic heterocycles. The molecule has 2 N–H and O–H groups in total. The lowest BCUT2D eigenvalue weighted by Crippen LogP contribution is -2.26. The van der Waals surface area contributed by atoms with Gasteiger partial charge in [0.15, 0.2) is 0 Å². The van der Waals surface area contributed by atoms with Crippen LogP contribution in [0.1, 0.15) is 78.4 Å². The normalized spacial score (nSPS) is 12.5. The van der Waals surface area contributed by atoms with Crippen LogP contribution in [-0.4, -0.2) is 22.7 Å². The molecule has 0 fully saturated rings. The number of rotatable bonds is 8. The quantitative estimate of drug-likeness (QED) is 0.285. The van der Waals surface area contributed by atoms with Gasteiger partial charge >= 0.3 is 0 Å². The average molecular weight is 521 g/mol. The second-order valence-corrected chi connectivity index (χ2v) is 11.3. The van der Waals surface area contributed by atoms with Gasteiger partial charge < -0.3 is 10.6 Å². The van der Waals surface area contributed by atoms with E-state index in [4.69, 9.17) is 9.98 Å². The van der Waals surface area contributed by atoms with Crippen LogP contribution in [0.25, 0.3) is 0 Å². The molecule has 0 unspecified atom stereocenters. The molecule has 0 aliphatic heterocycles. The van der Waals surface area contributed by atoms with Gasteiger partial charge in [-0.25, -0.2) is 0 Å². The van der Waals surface area contributed by atoms with Crippen LogP contribution in [0.15, 0.2) is 58.5 Å². The number of hydrogen-bond acceptors (Lipinski definition) is 6. The second kappa shape index (κ2) is 13.2. The van der Waals surface area contributed by atoms with Crippen LogP contribution >= 0.6 is 0 Å². The second-order valence-electron chi connectivity index (χ2n) is 11.3. The SMILES string of the molecule is CC(C)(C)N=C(CCC(C#N)(C#N)CCC(=NC(C)(C)C)Nc1ccccc1C#N)Nc1ccccc1C#N. The van der Waals surface area contributed by atoms with Crippen molar-refractivity contribution in [2.24, 2.45) is 15.4 Å². The van der Waals surface area contributed by atoms with E-state index in [1.807, 2.05) is 53.7 Å². The van der Waals surface area contributed by atoms with Crippen molar-refractivity contribution in [1.29, 1.82) is 21.0 Å². The van der Waals surface area contributed by atoms with Crippen LogP contribution in [0.5, 0.6) is 0 Å². The minimum Gasteiger partial charge on any atom is -0.343 e. The van der Waals surface area contributed by atoms with Gasteiger partial charge in [-0.15, -0.1) is 0 Å². The molecule has 0 aliphatic rings. The molecule has 0 amide bonds. The van der Waals surface area contributed by atoms with Crippen LogP contribution in [0.3, 0.4) is 0 Å². The molecule has 0 saturated carbocycles. The first kappa shape index (κ1) is 30.6. The van der Waals surface area contributed by atoms with E-state index in [1.165, 1.54) is 0 Å². The third kappa shape index (κ3) is 9.96. The molecule has 8 nitrogen and oxygen atoms in total. The lowest BCUT2D eigenvalue weighted by Gasteiger charge is -2.23. The Morgan fingerprint density at radius 1 is 0.641 bits per heavy atom. The van der Waals surface area contributed by atoms with E-state index in [-0.39, 0.29) is 12.8 Å². The zero-order valence-corrected chi connectivity index (χ0v) is 23.6. The van der Waals surface area contributed by atoms with Crippen LogP contribution < -0.4 is 10.6 Å². The molecular weight excluding hydrogens is 484 g/mol. The van der Waals surface area contributed by atoms with Crippen molar-refractivity contribution in [3.8, 4) is 24.3 Å². The summed E-state index contributed by atoms with van der Waals surface area (Å²) in [6.45, 7) is 11.8. The van der Waals surface area contributed by atoms with E-state index in [0.717, 1.165) is 0 Å². The van der Waals surface area contributed by atoms with Crippen molar-refractivity contribution in [3.05, 3.63) is 59.7 Å². The predicted octanol–water partition coefficient (Wildman–Crippen LogP) is 6.94. The largest absolute Gasteiger partial charge is 0.343 e.